The van der Waals surface area contributed by atoms with E-state index in [1.54, 1.807) is 0 Å². The summed E-state index contributed by atoms with van der Waals surface area (Å²) >= 11 is 0. The van der Waals surface area contributed by atoms with Gasteiger partial charge in [-0.05, 0) is 22.7 Å². The van der Waals surface area contributed by atoms with Crippen molar-refractivity contribution < 1.29 is 4.79 Å². The Labute approximate surface area is 106 Å². The molecule has 100 valence electrons. The lowest BCUT2D eigenvalue weighted by Gasteiger charge is -2.15. The van der Waals surface area contributed by atoms with Gasteiger partial charge in [0.2, 0.25) is 5.91 Å². The summed E-state index contributed by atoms with van der Waals surface area (Å²) in [5.74, 6) is 1.02. The molecule has 1 rings (SSSR count). The Morgan fingerprint density at radius 3 is 2.06 bits per heavy atom. The average Bonchev–Trinajstić information content (AvgIpc) is 2.54. The highest BCUT2D eigenvalue weighted by Crippen LogP contribution is 2.67. The van der Waals surface area contributed by atoms with Crippen molar-refractivity contribution in [1.29, 1.82) is 0 Å². The van der Waals surface area contributed by atoms with Gasteiger partial charge in [0.1, 0.15) is 0 Å². The Hall–Kier alpha value is -0.570. The first kappa shape index (κ1) is 14.5. The number of hydrogen-bond donors (Lipinski definition) is 2. The molecular weight excluding hydrogens is 212 g/mol. The van der Waals surface area contributed by atoms with Crippen LogP contribution in [0.2, 0.25) is 0 Å². The monoisotopic (exact) mass is 240 g/mol. The zero-order valence-electron chi connectivity index (χ0n) is 12.1. The molecule has 1 amide bonds. The third-order valence-corrected chi connectivity index (χ3v) is 5.10. The fraction of sp³-hybridized carbons (Fsp3) is 0.929. The molecule has 3 heteroatoms. The lowest BCUT2D eigenvalue weighted by Crippen LogP contribution is -2.36. The second kappa shape index (κ2) is 4.60. The van der Waals surface area contributed by atoms with Crippen LogP contribution in [0.5, 0.6) is 0 Å². The van der Waals surface area contributed by atoms with E-state index in [1.165, 1.54) is 0 Å². The minimum atomic E-state index is -0.0322. The van der Waals surface area contributed by atoms with Gasteiger partial charge in [-0.1, -0.05) is 41.5 Å². The molecule has 0 saturated heterocycles. The Morgan fingerprint density at radius 1 is 1.24 bits per heavy atom. The van der Waals surface area contributed by atoms with E-state index in [-0.39, 0.29) is 11.9 Å². The minimum Gasteiger partial charge on any atom is -0.356 e. The van der Waals surface area contributed by atoms with Crippen LogP contribution in [-0.4, -0.2) is 18.5 Å². The van der Waals surface area contributed by atoms with Gasteiger partial charge in [0, 0.05) is 19.0 Å². The number of amides is 1. The van der Waals surface area contributed by atoms with Gasteiger partial charge in [0.25, 0.3) is 0 Å². The normalized spacial score (nSPS) is 23.5. The summed E-state index contributed by atoms with van der Waals surface area (Å²) < 4.78 is 0. The van der Waals surface area contributed by atoms with Gasteiger partial charge in [-0.3, -0.25) is 4.79 Å². The Morgan fingerprint density at radius 2 is 1.71 bits per heavy atom. The number of hydrogen-bond acceptors (Lipinski definition) is 2. The molecule has 1 aliphatic rings. The summed E-state index contributed by atoms with van der Waals surface area (Å²) in [6.45, 7) is 13.9. The van der Waals surface area contributed by atoms with Crippen LogP contribution in [0.4, 0.5) is 0 Å². The van der Waals surface area contributed by atoms with Crippen LogP contribution in [0.15, 0.2) is 0 Å². The maximum absolute atomic E-state index is 11.7. The van der Waals surface area contributed by atoms with Crippen molar-refractivity contribution in [3.63, 3.8) is 0 Å². The third-order valence-electron chi connectivity index (χ3n) is 5.10. The fourth-order valence-electron chi connectivity index (χ4n) is 2.58. The molecule has 0 bridgehead atoms. The Kier molecular flexibility index (Phi) is 3.92. The molecule has 0 aliphatic heterocycles. The van der Waals surface area contributed by atoms with Crippen LogP contribution in [0, 0.1) is 22.7 Å². The molecule has 0 radical (unpaired) electrons. The first-order valence-electron chi connectivity index (χ1n) is 6.63. The van der Waals surface area contributed by atoms with Crippen LogP contribution >= 0.6 is 0 Å². The van der Waals surface area contributed by atoms with Crippen molar-refractivity contribution in [2.75, 3.05) is 6.54 Å². The molecule has 3 nitrogen and oxygen atoms in total. The summed E-state index contributed by atoms with van der Waals surface area (Å²) in [5.41, 5.74) is 6.55. The van der Waals surface area contributed by atoms with Crippen molar-refractivity contribution in [3.05, 3.63) is 0 Å². The van der Waals surface area contributed by atoms with Gasteiger partial charge < -0.3 is 11.1 Å². The van der Waals surface area contributed by atoms with Gasteiger partial charge in [-0.25, -0.2) is 0 Å². The van der Waals surface area contributed by atoms with Gasteiger partial charge >= 0.3 is 0 Å². The molecule has 0 aromatic rings. The lowest BCUT2D eigenvalue weighted by molar-refractivity contribution is -0.121. The number of carbonyl (C=O) groups excluding carboxylic acids is 1. The minimum absolute atomic E-state index is 0.0322. The summed E-state index contributed by atoms with van der Waals surface area (Å²) in [5, 5.41) is 3.02. The zero-order chi connectivity index (χ0) is 13.4. The lowest BCUT2D eigenvalue weighted by atomic mass is 10.0. The molecule has 3 N–H and O–H groups in total. The molecule has 1 fully saturated rings. The van der Waals surface area contributed by atoms with Gasteiger partial charge in [0.15, 0.2) is 0 Å². The predicted molar refractivity (Wildman–Crippen MR) is 71.5 cm³/mol. The van der Waals surface area contributed by atoms with E-state index < -0.39 is 0 Å². The average molecular weight is 240 g/mol. The fourth-order valence-corrected chi connectivity index (χ4v) is 2.58. The highest BCUT2D eigenvalue weighted by Gasteiger charge is 2.64. The van der Waals surface area contributed by atoms with E-state index in [0.717, 1.165) is 6.54 Å². The van der Waals surface area contributed by atoms with Crippen molar-refractivity contribution in [1.82, 2.24) is 5.32 Å². The van der Waals surface area contributed by atoms with E-state index in [0.29, 0.717) is 29.1 Å². The number of nitrogens with two attached hydrogens (primary N) is 1. The summed E-state index contributed by atoms with van der Waals surface area (Å²) in [6, 6.07) is -0.0322. The van der Waals surface area contributed by atoms with Crippen LogP contribution in [0.3, 0.4) is 0 Å². The highest BCUT2D eigenvalue weighted by atomic mass is 16.1. The van der Waals surface area contributed by atoms with E-state index in [1.807, 2.05) is 13.8 Å². The second-order valence-electron chi connectivity index (χ2n) is 6.91. The molecule has 0 heterocycles. The van der Waals surface area contributed by atoms with E-state index in [2.05, 4.69) is 33.0 Å². The molecule has 17 heavy (non-hydrogen) atoms. The van der Waals surface area contributed by atoms with Crippen molar-refractivity contribution in [3.8, 4) is 0 Å². The molecule has 1 unspecified atom stereocenters. The van der Waals surface area contributed by atoms with Crippen LogP contribution in [0.1, 0.15) is 48.0 Å². The summed E-state index contributed by atoms with van der Waals surface area (Å²) in [6.07, 6.45) is 0.436. The molecule has 1 aliphatic carbocycles. The van der Waals surface area contributed by atoms with Crippen molar-refractivity contribution in [2.24, 2.45) is 28.4 Å². The topological polar surface area (TPSA) is 55.1 Å². The van der Waals surface area contributed by atoms with Crippen LogP contribution < -0.4 is 11.1 Å². The highest BCUT2D eigenvalue weighted by molar-refractivity contribution is 5.76. The molecule has 0 spiro atoms. The smallest absolute Gasteiger partial charge is 0.221 e. The third kappa shape index (κ3) is 2.82. The zero-order valence-corrected chi connectivity index (χ0v) is 12.1. The standard InChI is InChI=1S/C14H28N2O/c1-9(2)10(15)7-12(17)16-8-11-13(3,4)14(11,5)6/h9-11H,7-8,15H2,1-6H3,(H,16,17). The van der Waals surface area contributed by atoms with E-state index in [9.17, 15) is 4.79 Å². The number of carbonyl (C=O) groups is 1. The number of nitrogens with one attached hydrogen (secondary N) is 1. The van der Waals surface area contributed by atoms with Gasteiger partial charge in [-0.2, -0.15) is 0 Å². The van der Waals surface area contributed by atoms with E-state index in [4.69, 9.17) is 5.73 Å². The molecule has 0 aromatic carbocycles. The van der Waals surface area contributed by atoms with Gasteiger partial charge in [0.05, 0.1) is 0 Å². The maximum Gasteiger partial charge on any atom is 0.221 e. The number of rotatable bonds is 5. The molecule has 0 aromatic heterocycles. The summed E-state index contributed by atoms with van der Waals surface area (Å²) in [7, 11) is 0. The SMILES string of the molecule is CC(C)C(N)CC(=O)NCC1C(C)(C)C1(C)C. The second-order valence-corrected chi connectivity index (χ2v) is 6.91. The molecule has 1 atom stereocenters. The predicted octanol–water partition coefficient (Wildman–Crippen LogP) is 2.16. The largest absolute Gasteiger partial charge is 0.356 e. The van der Waals surface area contributed by atoms with Crippen molar-refractivity contribution in [2.45, 2.75) is 54.0 Å². The molecular formula is C14H28N2O. The van der Waals surface area contributed by atoms with E-state index >= 15 is 0 Å². The first-order valence-corrected chi connectivity index (χ1v) is 6.63. The Balaban J connectivity index is 2.32. The van der Waals surface area contributed by atoms with Gasteiger partial charge in [-0.15, -0.1) is 0 Å². The first-order chi connectivity index (χ1) is 7.60. The quantitative estimate of drug-likeness (QED) is 0.773. The summed E-state index contributed by atoms with van der Waals surface area (Å²) in [4.78, 5) is 11.7. The van der Waals surface area contributed by atoms with Crippen LogP contribution in [-0.2, 0) is 4.79 Å². The maximum atomic E-state index is 11.7. The Bertz CT molecular complexity index is 281. The van der Waals surface area contributed by atoms with Crippen molar-refractivity contribution >= 4 is 5.91 Å². The molecule has 1 saturated carbocycles. The van der Waals surface area contributed by atoms with Crippen LogP contribution in [0.25, 0.3) is 0 Å².